The zero-order valence-corrected chi connectivity index (χ0v) is 18.6. The molecule has 3 aliphatic rings. The van der Waals surface area contributed by atoms with E-state index in [9.17, 15) is 14.9 Å². The number of nitrogens with zero attached hydrogens (tertiary/aromatic N) is 3. The summed E-state index contributed by atoms with van der Waals surface area (Å²) < 4.78 is 11.0. The maximum absolute atomic E-state index is 12.7. The van der Waals surface area contributed by atoms with E-state index in [1.54, 1.807) is 12.1 Å². The molecule has 0 spiro atoms. The van der Waals surface area contributed by atoms with Crippen molar-refractivity contribution >= 4 is 23.6 Å². The fourth-order valence-electron chi connectivity index (χ4n) is 4.96. The predicted molar refractivity (Wildman–Crippen MR) is 123 cm³/mol. The number of anilines is 2. The molecule has 2 amide bonds. The Morgan fingerprint density at radius 3 is 2.97 bits per heavy atom. The van der Waals surface area contributed by atoms with Crippen LogP contribution in [0, 0.1) is 17.2 Å². The molecule has 2 aliphatic heterocycles. The SMILES string of the molecule is N#Cc1cccc2c1CC(CNCCC1OC(=O)N(c3ccc4c(n3)NC(=O)CO4)C1CN)C2. The van der Waals surface area contributed by atoms with Gasteiger partial charge in [-0.05, 0) is 67.6 Å². The zero-order chi connectivity index (χ0) is 23.7. The van der Waals surface area contributed by atoms with Gasteiger partial charge in [-0.3, -0.25) is 9.69 Å². The van der Waals surface area contributed by atoms with Crippen LogP contribution in [0.3, 0.4) is 0 Å². The lowest BCUT2D eigenvalue weighted by molar-refractivity contribution is -0.118. The molecule has 1 aromatic heterocycles. The Kier molecular flexibility index (Phi) is 6.04. The van der Waals surface area contributed by atoms with Gasteiger partial charge in [0.15, 0.2) is 18.2 Å². The van der Waals surface area contributed by atoms with Gasteiger partial charge in [0.2, 0.25) is 0 Å². The normalized spacial score (nSPS) is 22.9. The van der Waals surface area contributed by atoms with Crippen LogP contribution in [0.15, 0.2) is 30.3 Å². The minimum absolute atomic E-state index is 0.0628. The molecule has 10 heteroatoms. The summed E-state index contributed by atoms with van der Waals surface area (Å²) in [6.45, 7) is 1.64. The van der Waals surface area contributed by atoms with Crippen molar-refractivity contribution in [1.29, 1.82) is 5.26 Å². The topological polar surface area (TPSA) is 143 Å². The minimum Gasteiger partial charge on any atom is -0.480 e. The Hall–Kier alpha value is -3.68. The molecular formula is C24H26N6O4. The molecule has 1 saturated heterocycles. The first-order valence-corrected chi connectivity index (χ1v) is 11.4. The van der Waals surface area contributed by atoms with Gasteiger partial charge in [0.1, 0.15) is 11.9 Å². The number of benzene rings is 1. The van der Waals surface area contributed by atoms with Crippen LogP contribution in [-0.4, -0.2) is 55.4 Å². The van der Waals surface area contributed by atoms with Gasteiger partial charge in [-0.2, -0.15) is 5.26 Å². The maximum atomic E-state index is 12.7. The summed E-state index contributed by atoms with van der Waals surface area (Å²) >= 11 is 0. The molecule has 0 saturated carbocycles. The molecule has 3 unspecified atom stereocenters. The largest absolute Gasteiger partial charge is 0.480 e. The Morgan fingerprint density at radius 1 is 1.26 bits per heavy atom. The summed E-state index contributed by atoms with van der Waals surface area (Å²) in [5.74, 6) is 1.23. The van der Waals surface area contributed by atoms with E-state index < -0.39 is 6.09 Å². The molecule has 34 heavy (non-hydrogen) atoms. The van der Waals surface area contributed by atoms with Crippen LogP contribution in [-0.2, 0) is 22.4 Å². The van der Waals surface area contributed by atoms with Crippen LogP contribution in [0.1, 0.15) is 23.1 Å². The van der Waals surface area contributed by atoms with E-state index in [1.807, 2.05) is 12.1 Å². The number of carbonyl (C=O) groups is 2. The van der Waals surface area contributed by atoms with E-state index in [1.165, 1.54) is 16.0 Å². The predicted octanol–water partition coefficient (Wildman–Crippen LogP) is 1.33. The average Bonchev–Trinajstić information content (AvgIpc) is 3.40. The summed E-state index contributed by atoms with van der Waals surface area (Å²) in [7, 11) is 0. The number of nitrogens with two attached hydrogens (primary N) is 1. The van der Waals surface area contributed by atoms with E-state index in [2.05, 4.69) is 27.8 Å². The van der Waals surface area contributed by atoms with Gasteiger partial charge in [-0.1, -0.05) is 12.1 Å². The average molecular weight is 463 g/mol. The highest BCUT2D eigenvalue weighted by Gasteiger charge is 2.42. The highest BCUT2D eigenvalue weighted by molar-refractivity contribution is 5.95. The number of amides is 2. The Balaban J connectivity index is 1.17. The van der Waals surface area contributed by atoms with Crippen molar-refractivity contribution < 1.29 is 19.1 Å². The van der Waals surface area contributed by atoms with Crippen molar-refractivity contribution in [2.45, 2.75) is 31.4 Å². The molecule has 4 N–H and O–H groups in total. The quantitative estimate of drug-likeness (QED) is 0.523. The number of cyclic esters (lactones) is 1. The third-order valence-corrected chi connectivity index (χ3v) is 6.59. The number of rotatable bonds is 7. The van der Waals surface area contributed by atoms with Crippen LogP contribution in [0.25, 0.3) is 0 Å². The van der Waals surface area contributed by atoms with Crippen molar-refractivity contribution in [1.82, 2.24) is 10.3 Å². The third-order valence-electron chi connectivity index (χ3n) is 6.59. The lowest BCUT2D eigenvalue weighted by atomic mass is 10.0. The molecular weight excluding hydrogens is 436 g/mol. The Labute approximate surface area is 197 Å². The van der Waals surface area contributed by atoms with Crippen molar-refractivity contribution in [2.75, 3.05) is 36.5 Å². The third kappa shape index (κ3) is 4.16. The van der Waals surface area contributed by atoms with Crippen LogP contribution in [0.4, 0.5) is 16.4 Å². The van der Waals surface area contributed by atoms with Gasteiger partial charge < -0.3 is 25.8 Å². The number of nitrogens with one attached hydrogen (secondary N) is 2. The number of carbonyl (C=O) groups excluding carboxylic acids is 2. The van der Waals surface area contributed by atoms with Crippen molar-refractivity contribution in [2.24, 2.45) is 11.7 Å². The zero-order valence-electron chi connectivity index (χ0n) is 18.6. The summed E-state index contributed by atoms with van der Waals surface area (Å²) in [5, 5.41) is 15.4. The monoisotopic (exact) mass is 462 g/mol. The first-order valence-electron chi connectivity index (χ1n) is 11.4. The van der Waals surface area contributed by atoms with Gasteiger partial charge in [0.25, 0.3) is 5.91 Å². The molecule has 1 fully saturated rings. The van der Waals surface area contributed by atoms with E-state index in [-0.39, 0.29) is 37.0 Å². The molecule has 0 bridgehead atoms. The molecule has 3 atom stereocenters. The van der Waals surface area contributed by atoms with E-state index in [4.69, 9.17) is 15.2 Å². The fourth-order valence-corrected chi connectivity index (χ4v) is 4.96. The minimum atomic E-state index is -0.508. The maximum Gasteiger partial charge on any atom is 0.416 e. The molecule has 10 nitrogen and oxygen atoms in total. The molecule has 5 rings (SSSR count). The second kappa shape index (κ2) is 9.29. The van der Waals surface area contributed by atoms with Gasteiger partial charge in [0, 0.05) is 6.54 Å². The number of hydrogen-bond acceptors (Lipinski definition) is 8. The Morgan fingerprint density at radius 2 is 2.15 bits per heavy atom. The van der Waals surface area contributed by atoms with Gasteiger partial charge in [0.05, 0.1) is 17.7 Å². The van der Waals surface area contributed by atoms with Crippen molar-refractivity contribution in [3.63, 3.8) is 0 Å². The highest BCUT2D eigenvalue weighted by Crippen LogP contribution is 2.33. The molecule has 1 aliphatic carbocycles. The lowest BCUT2D eigenvalue weighted by Gasteiger charge is -2.24. The summed E-state index contributed by atoms with van der Waals surface area (Å²) in [5.41, 5.74) is 9.20. The van der Waals surface area contributed by atoms with Gasteiger partial charge in [-0.25, -0.2) is 9.78 Å². The lowest BCUT2D eigenvalue weighted by Crippen LogP contribution is -2.44. The number of ether oxygens (including phenoxy) is 2. The molecule has 2 aromatic rings. The van der Waals surface area contributed by atoms with E-state index in [0.29, 0.717) is 30.5 Å². The van der Waals surface area contributed by atoms with Crippen molar-refractivity contribution in [3.05, 3.63) is 47.0 Å². The molecule has 0 radical (unpaired) electrons. The van der Waals surface area contributed by atoms with Crippen LogP contribution in [0.5, 0.6) is 5.75 Å². The number of pyridine rings is 1. The van der Waals surface area contributed by atoms with Gasteiger partial charge >= 0.3 is 6.09 Å². The second-order valence-corrected chi connectivity index (χ2v) is 8.77. The number of aromatic nitrogens is 1. The molecule has 1 aromatic carbocycles. The number of fused-ring (bicyclic) bond motifs is 2. The summed E-state index contributed by atoms with van der Waals surface area (Å²) in [6.07, 6.45) is 1.58. The van der Waals surface area contributed by atoms with Crippen LogP contribution < -0.4 is 26.0 Å². The standard InChI is InChI=1S/C24H26N6O4/c25-10-16-3-1-2-15-8-14(9-17(15)16)12-27-7-6-19-18(11-26)30(24(32)34-19)21-5-4-20-23(28-21)29-22(31)13-33-20/h1-5,14,18-19,27H,6-9,11-13,26H2,(H,28,29,31). The summed E-state index contributed by atoms with van der Waals surface area (Å²) in [4.78, 5) is 30.1. The van der Waals surface area contributed by atoms with Crippen molar-refractivity contribution in [3.8, 4) is 11.8 Å². The first kappa shape index (κ1) is 22.1. The second-order valence-electron chi connectivity index (χ2n) is 8.77. The highest BCUT2D eigenvalue weighted by atomic mass is 16.6. The molecule has 176 valence electrons. The van der Waals surface area contributed by atoms with Crippen LogP contribution >= 0.6 is 0 Å². The summed E-state index contributed by atoms with van der Waals surface area (Å²) in [6, 6.07) is 11.2. The fraction of sp³-hybridized carbons (Fsp3) is 0.417. The van der Waals surface area contributed by atoms with Gasteiger partial charge in [-0.15, -0.1) is 0 Å². The van der Waals surface area contributed by atoms with E-state index in [0.717, 1.165) is 24.9 Å². The van der Waals surface area contributed by atoms with E-state index >= 15 is 0 Å². The smallest absolute Gasteiger partial charge is 0.416 e. The Bertz CT molecular complexity index is 1160. The van der Waals surface area contributed by atoms with Crippen LogP contribution in [0.2, 0.25) is 0 Å². The molecule has 3 heterocycles. The number of nitriles is 1. The number of hydrogen-bond donors (Lipinski definition) is 3. The first-order chi connectivity index (χ1) is 16.6.